The highest BCUT2D eigenvalue weighted by Gasteiger charge is 1.97. The first-order valence-electron chi connectivity index (χ1n) is 3.49. The molecule has 1 aromatic rings. The highest BCUT2D eigenvalue weighted by atomic mass is 16.1. The largest absolute Gasteiger partial charge is 0.329 e. The van der Waals surface area contributed by atoms with Crippen LogP contribution < -0.4 is 5.32 Å². The van der Waals surface area contributed by atoms with Crippen LogP contribution in [0.25, 0.3) is 0 Å². The summed E-state index contributed by atoms with van der Waals surface area (Å²) in [6, 6.07) is 7.18. The molecule has 0 aliphatic heterocycles. The lowest BCUT2D eigenvalue weighted by molar-refractivity contribution is -0.105. The summed E-state index contributed by atoms with van der Waals surface area (Å²) >= 11 is 0. The van der Waals surface area contributed by atoms with E-state index in [2.05, 4.69) is 5.32 Å². The minimum absolute atomic E-state index is 0.612. The summed E-state index contributed by atoms with van der Waals surface area (Å²) in [7, 11) is 0. The first kappa shape index (κ1) is 8.28. The lowest BCUT2D eigenvalue weighted by atomic mass is 10.1. The fourth-order valence-electron chi connectivity index (χ4n) is 0.947. The maximum Gasteiger partial charge on any atom is 0.211 e. The second-order valence-electron chi connectivity index (χ2n) is 2.40. The highest BCUT2D eigenvalue weighted by Crippen LogP contribution is 2.13. The molecule has 0 bridgehead atoms. The van der Waals surface area contributed by atoms with E-state index in [9.17, 15) is 4.79 Å². The third-order valence-electron chi connectivity index (χ3n) is 1.57. The first-order valence-corrected chi connectivity index (χ1v) is 3.49. The minimum Gasteiger partial charge on any atom is -0.329 e. The third kappa shape index (κ3) is 1.61. The van der Waals surface area contributed by atoms with Crippen molar-refractivity contribution in [3.8, 4) is 6.07 Å². The van der Waals surface area contributed by atoms with E-state index in [0.29, 0.717) is 17.7 Å². The number of benzene rings is 1. The SMILES string of the molecule is Cc1cc(NC=O)ccc1C#N. The van der Waals surface area contributed by atoms with Gasteiger partial charge in [0.1, 0.15) is 0 Å². The average molecular weight is 160 g/mol. The van der Waals surface area contributed by atoms with Gasteiger partial charge in [-0.15, -0.1) is 0 Å². The first-order chi connectivity index (χ1) is 5.77. The number of nitrogens with one attached hydrogen (secondary N) is 1. The van der Waals surface area contributed by atoms with Gasteiger partial charge >= 0.3 is 0 Å². The fourth-order valence-corrected chi connectivity index (χ4v) is 0.947. The van der Waals surface area contributed by atoms with Crippen LogP contribution in [0.4, 0.5) is 5.69 Å². The Morgan fingerprint density at radius 3 is 2.83 bits per heavy atom. The highest BCUT2D eigenvalue weighted by molar-refractivity contribution is 5.71. The molecule has 0 aromatic heterocycles. The monoisotopic (exact) mass is 160 g/mol. The zero-order valence-electron chi connectivity index (χ0n) is 6.66. The number of nitriles is 1. The van der Waals surface area contributed by atoms with E-state index in [1.165, 1.54) is 0 Å². The van der Waals surface area contributed by atoms with Gasteiger partial charge in [-0.05, 0) is 30.7 Å². The summed E-state index contributed by atoms with van der Waals surface area (Å²) in [5.41, 5.74) is 2.21. The van der Waals surface area contributed by atoms with E-state index in [4.69, 9.17) is 5.26 Å². The van der Waals surface area contributed by atoms with Gasteiger partial charge < -0.3 is 5.32 Å². The number of carbonyl (C=O) groups is 1. The summed E-state index contributed by atoms with van der Waals surface area (Å²) in [5, 5.41) is 11.1. The van der Waals surface area contributed by atoms with Gasteiger partial charge in [0, 0.05) is 5.69 Å². The lowest BCUT2D eigenvalue weighted by Gasteiger charge is -2.00. The summed E-state index contributed by atoms with van der Waals surface area (Å²) in [5.74, 6) is 0. The summed E-state index contributed by atoms with van der Waals surface area (Å²) in [6.45, 7) is 1.83. The van der Waals surface area contributed by atoms with Crippen LogP contribution in [0.5, 0.6) is 0 Å². The van der Waals surface area contributed by atoms with E-state index in [-0.39, 0.29) is 0 Å². The Morgan fingerprint density at radius 2 is 2.33 bits per heavy atom. The number of hydrogen-bond acceptors (Lipinski definition) is 2. The van der Waals surface area contributed by atoms with Crippen molar-refractivity contribution < 1.29 is 4.79 Å². The van der Waals surface area contributed by atoms with Gasteiger partial charge in [0.2, 0.25) is 6.41 Å². The van der Waals surface area contributed by atoms with Crippen LogP contribution in [0.3, 0.4) is 0 Å². The molecule has 0 aliphatic rings. The molecule has 60 valence electrons. The van der Waals surface area contributed by atoms with Gasteiger partial charge in [-0.3, -0.25) is 4.79 Å². The molecule has 0 heterocycles. The minimum atomic E-state index is 0.612. The molecule has 3 heteroatoms. The summed E-state index contributed by atoms with van der Waals surface area (Å²) in [6.07, 6.45) is 0.612. The van der Waals surface area contributed by atoms with E-state index >= 15 is 0 Å². The maximum atomic E-state index is 10.1. The van der Waals surface area contributed by atoms with Gasteiger partial charge in [0.05, 0.1) is 11.6 Å². The number of aryl methyl sites for hydroxylation is 1. The molecule has 3 nitrogen and oxygen atoms in total. The van der Waals surface area contributed by atoms with E-state index in [0.717, 1.165) is 5.56 Å². The predicted molar refractivity (Wildman–Crippen MR) is 45.6 cm³/mol. The van der Waals surface area contributed by atoms with Crippen LogP contribution in [0, 0.1) is 18.3 Å². The van der Waals surface area contributed by atoms with Crippen molar-refractivity contribution in [1.29, 1.82) is 5.26 Å². The fraction of sp³-hybridized carbons (Fsp3) is 0.111. The second-order valence-corrected chi connectivity index (χ2v) is 2.40. The molecule has 1 N–H and O–H groups in total. The topological polar surface area (TPSA) is 52.9 Å². The van der Waals surface area contributed by atoms with Crippen molar-refractivity contribution in [2.75, 3.05) is 5.32 Å². The zero-order chi connectivity index (χ0) is 8.97. The van der Waals surface area contributed by atoms with Crippen LogP contribution >= 0.6 is 0 Å². The standard InChI is InChI=1S/C9H8N2O/c1-7-4-9(11-6-12)3-2-8(7)5-10/h2-4,6H,1H3,(H,11,12). The molecule has 0 unspecified atom stereocenters. The number of anilines is 1. The molecule has 1 aromatic carbocycles. The number of amides is 1. The molecule has 0 atom stereocenters. The van der Waals surface area contributed by atoms with Gasteiger partial charge in [-0.2, -0.15) is 5.26 Å². The van der Waals surface area contributed by atoms with Gasteiger partial charge in [-0.25, -0.2) is 0 Å². The van der Waals surface area contributed by atoms with Gasteiger partial charge in [-0.1, -0.05) is 0 Å². The van der Waals surface area contributed by atoms with Crippen molar-refractivity contribution in [3.05, 3.63) is 29.3 Å². The molecule has 12 heavy (non-hydrogen) atoms. The van der Waals surface area contributed by atoms with Crippen molar-refractivity contribution in [2.45, 2.75) is 6.92 Å². The van der Waals surface area contributed by atoms with Gasteiger partial charge in [0.25, 0.3) is 0 Å². The Bertz CT molecular complexity index is 339. The molecular weight excluding hydrogens is 152 g/mol. The van der Waals surface area contributed by atoms with Crippen LogP contribution in [-0.4, -0.2) is 6.41 Å². The zero-order valence-corrected chi connectivity index (χ0v) is 6.66. The van der Waals surface area contributed by atoms with Gasteiger partial charge in [0.15, 0.2) is 0 Å². The molecule has 0 spiro atoms. The molecule has 1 amide bonds. The Labute approximate surface area is 70.6 Å². The molecule has 1 rings (SSSR count). The third-order valence-corrected chi connectivity index (χ3v) is 1.57. The van der Waals surface area contributed by atoms with Crippen LogP contribution in [0.1, 0.15) is 11.1 Å². The van der Waals surface area contributed by atoms with Crippen molar-refractivity contribution in [1.82, 2.24) is 0 Å². The normalized spacial score (nSPS) is 8.67. The van der Waals surface area contributed by atoms with Crippen molar-refractivity contribution >= 4 is 12.1 Å². The van der Waals surface area contributed by atoms with Crippen LogP contribution in [-0.2, 0) is 4.79 Å². The van der Waals surface area contributed by atoms with E-state index in [1.807, 2.05) is 13.0 Å². The quantitative estimate of drug-likeness (QED) is 0.665. The number of hydrogen-bond donors (Lipinski definition) is 1. The summed E-state index contributed by atoms with van der Waals surface area (Å²) in [4.78, 5) is 10.1. The van der Waals surface area contributed by atoms with Crippen LogP contribution in [0.15, 0.2) is 18.2 Å². The predicted octanol–water partition coefficient (Wildman–Crippen LogP) is 1.43. The second kappa shape index (κ2) is 3.54. The Hall–Kier alpha value is -1.82. The molecular formula is C9H8N2O. The number of rotatable bonds is 2. The van der Waals surface area contributed by atoms with Crippen molar-refractivity contribution in [3.63, 3.8) is 0 Å². The smallest absolute Gasteiger partial charge is 0.211 e. The molecule has 0 saturated heterocycles. The Kier molecular flexibility index (Phi) is 2.44. The number of carbonyl (C=O) groups excluding carboxylic acids is 1. The number of nitrogens with zero attached hydrogens (tertiary/aromatic N) is 1. The van der Waals surface area contributed by atoms with Crippen molar-refractivity contribution in [2.24, 2.45) is 0 Å². The summed E-state index contributed by atoms with van der Waals surface area (Å²) < 4.78 is 0. The maximum absolute atomic E-state index is 10.1. The molecule has 0 saturated carbocycles. The Balaban J connectivity index is 3.03. The average Bonchev–Trinajstić information content (AvgIpc) is 2.05. The molecule has 0 aliphatic carbocycles. The van der Waals surface area contributed by atoms with E-state index < -0.39 is 0 Å². The van der Waals surface area contributed by atoms with E-state index in [1.54, 1.807) is 18.2 Å². The van der Waals surface area contributed by atoms with Crippen LogP contribution in [0.2, 0.25) is 0 Å². The molecule has 0 radical (unpaired) electrons. The Morgan fingerprint density at radius 1 is 1.58 bits per heavy atom. The lowest BCUT2D eigenvalue weighted by Crippen LogP contribution is -1.94. The molecule has 0 fully saturated rings.